The summed E-state index contributed by atoms with van der Waals surface area (Å²) in [6.07, 6.45) is 0.852. The van der Waals surface area contributed by atoms with E-state index < -0.39 is 6.10 Å². The first-order valence-corrected chi connectivity index (χ1v) is 11.0. The van der Waals surface area contributed by atoms with Crippen molar-refractivity contribution in [3.8, 4) is 0 Å². The predicted molar refractivity (Wildman–Crippen MR) is 125 cm³/mol. The molecular weight excluding hydrogens is 408 g/mol. The van der Waals surface area contributed by atoms with Gasteiger partial charge in [-0.15, -0.1) is 0 Å². The second-order valence-electron chi connectivity index (χ2n) is 8.00. The highest BCUT2D eigenvalue weighted by molar-refractivity contribution is 6.30. The highest BCUT2D eigenvalue weighted by Gasteiger charge is 2.25. The van der Waals surface area contributed by atoms with Gasteiger partial charge in [-0.05, 0) is 35.2 Å². The quantitative estimate of drug-likeness (QED) is 0.519. The van der Waals surface area contributed by atoms with Gasteiger partial charge >= 0.3 is 0 Å². The Morgan fingerprint density at radius 2 is 1.68 bits per heavy atom. The van der Waals surface area contributed by atoms with E-state index in [1.54, 1.807) is 0 Å². The first-order chi connectivity index (χ1) is 15.2. The molecule has 1 aliphatic heterocycles. The molecule has 0 amide bonds. The van der Waals surface area contributed by atoms with Gasteiger partial charge in [-0.3, -0.25) is 4.90 Å². The van der Waals surface area contributed by atoms with E-state index in [2.05, 4.69) is 28.3 Å². The van der Waals surface area contributed by atoms with Crippen LogP contribution in [-0.4, -0.2) is 41.0 Å². The number of aliphatic hydroxyl groups excluding tert-OH is 1. The van der Waals surface area contributed by atoms with Gasteiger partial charge in [0.05, 0.1) is 11.8 Å². The molecule has 160 valence electrons. The summed E-state index contributed by atoms with van der Waals surface area (Å²) in [5, 5.41) is 15.8. The van der Waals surface area contributed by atoms with Crippen LogP contribution in [0.4, 0.5) is 0 Å². The van der Waals surface area contributed by atoms with Gasteiger partial charge in [0.15, 0.2) is 0 Å². The maximum absolute atomic E-state index is 10.8. The largest absolute Gasteiger partial charge is 0.391 e. The summed E-state index contributed by atoms with van der Waals surface area (Å²) >= 11 is 6.19. The Balaban J connectivity index is 1.41. The van der Waals surface area contributed by atoms with Crippen LogP contribution in [0.3, 0.4) is 0 Å². The molecule has 0 saturated carbocycles. The molecule has 0 aromatic heterocycles. The Bertz CT molecular complexity index is 995. The average Bonchev–Trinajstić information content (AvgIpc) is 3.23. The Hall–Kier alpha value is -2.66. The number of oxime groups is 1. The summed E-state index contributed by atoms with van der Waals surface area (Å²) in [6.45, 7) is 1.91. The Morgan fingerprint density at radius 1 is 0.968 bits per heavy atom. The standard InChI is InChI=1S/C26H27ClN2O2/c27-23-13-7-10-21(14-23)17-29(18-24(30)15-20-8-3-1-4-9-20)19-25-16-26(28-31-25)22-11-5-2-6-12-22/h1-14,24-25,30H,15-19H2/t24-,25-/m1/s1. The molecule has 2 atom stereocenters. The molecule has 0 bridgehead atoms. The van der Waals surface area contributed by atoms with Crippen LogP contribution < -0.4 is 0 Å². The summed E-state index contributed by atoms with van der Waals surface area (Å²) in [6, 6.07) is 28.1. The zero-order valence-electron chi connectivity index (χ0n) is 17.4. The van der Waals surface area contributed by atoms with Crippen molar-refractivity contribution in [2.75, 3.05) is 13.1 Å². The third kappa shape index (κ3) is 6.41. The molecule has 1 aliphatic rings. The molecule has 3 aromatic rings. The zero-order valence-corrected chi connectivity index (χ0v) is 18.2. The van der Waals surface area contributed by atoms with Crippen molar-refractivity contribution in [2.45, 2.75) is 31.6 Å². The Kier molecular flexibility index (Phi) is 7.36. The van der Waals surface area contributed by atoms with E-state index in [9.17, 15) is 5.11 Å². The second kappa shape index (κ2) is 10.6. The number of hydrogen-bond donors (Lipinski definition) is 1. The van der Waals surface area contributed by atoms with Gasteiger partial charge in [0.1, 0.15) is 6.10 Å². The molecule has 0 aliphatic carbocycles. The summed E-state index contributed by atoms with van der Waals surface area (Å²) in [5.41, 5.74) is 4.31. The lowest BCUT2D eigenvalue weighted by atomic mass is 10.0. The Labute approximate surface area is 188 Å². The van der Waals surface area contributed by atoms with Crippen molar-refractivity contribution in [3.63, 3.8) is 0 Å². The summed E-state index contributed by atoms with van der Waals surface area (Å²) in [5.74, 6) is 0. The van der Waals surface area contributed by atoms with Crippen molar-refractivity contribution in [2.24, 2.45) is 5.16 Å². The first kappa shape index (κ1) is 21.6. The molecule has 0 spiro atoms. The van der Waals surface area contributed by atoms with Crippen molar-refractivity contribution in [1.82, 2.24) is 4.90 Å². The van der Waals surface area contributed by atoms with Crippen molar-refractivity contribution < 1.29 is 9.94 Å². The third-order valence-electron chi connectivity index (χ3n) is 5.38. The van der Waals surface area contributed by atoms with Crippen LogP contribution in [0, 0.1) is 0 Å². The van der Waals surface area contributed by atoms with Gasteiger partial charge in [0.2, 0.25) is 0 Å². The molecule has 0 radical (unpaired) electrons. The predicted octanol–water partition coefficient (Wildman–Crippen LogP) is 4.94. The van der Waals surface area contributed by atoms with Crippen LogP contribution >= 0.6 is 11.6 Å². The van der Waals surface area contributed by atoms with Crippen LogP contribution in [0.2, 0.25) is 5.02 Å². The van der Waals surface area contributed by atoms with Crippen LogP contribution in [0.15, 0.2) is 90.1 Å². The lowest BCUT2D eigenvalue weighted by Crippen LogP contribution is -2.38. The van der Waals surface area contributed by atoms with Gasteiger partial charge in [-0.1, -0.05) is 89.6 Å². The summed E-state index contributed by atoms with van der Waals surface area (Å²) in [4.78, 5) is 7.98. The fraction of sp³-hybridized carbons (Fsp3) is 0.269. The smallest absolute Gasteiger partial charge is 0.145 e. The lowest BCUT2D eigenvalue weighted by molar-refractivity contribution is 0.0322. The monoisotopic (exact) mass is 434 g/mol. The molecule has 31 heavy (non-hydrogen) atoms. The van der Waals surface area contributed by atoms with Gasteiger partial charge < -0.3 is 9.94 Å². The first-order valence-electron chi connectivity index (χ1n) is 10.6. The van der Waals surface area contributed by atoms with Gasteiger partial charge in [0, 0.05) is 31.1 Å². The number of benzene rings is 3. The number of aliphatic hydroxyl groups is 1. The zero-order chi connectivity index (χ0) is 21.5. The fourth-order valence-corrected chi connectivity index (χ4v) is 4.17. The SMILES string of the molecule is O[C@H](Cc1ccccc1)CN(Cc1cccc(Cl)c1)C[C@H]1CC(c2ccccc2)=NO1. The molecule has 1 N–H and O–H groups in total. The van der Waals surface area contributed by atoms with Crippen molar-refractivity contribution >= 4 is 17.3 Å². The van der Waals surface area contributed by atoms with Crippen LogP contribution in [0.25, 0.3) is 0 Å². The minimum Gasteiger partial charge on any atom is -0.391 e. The number of nitrogens with zero attached hydrogens (tertiary/aromatic N) is 2. The molecule has 3 aromatic carbocycles. The third-order valence-corrected chi connectivity index (χ3v) is 5.62. The molecule has 5 heteroatoms. The molecule has 1 heterocycles. The molecular formula is C26H27ClN2O2. The highest BCUT2D eigenvalue weighted by Crippen LogP contribution is 2.20. The fourth-order valence-electron chi connectivity index (χ4n) is 3.96. The number of rotatable bonds is 9. The van der Waals surface area contributed by atoms with Gasteiger partial charge in [-0.2, -0.15) is 0 Å². The van der Waals surface area contributed by atoms with E-state index in [-0.39, 0.29) is 6.10 Å². The van der Waals surface area contributed by atoms with E-state index in [1.165, 1.54) is 0 Å². The topological polar surface area (TPSA) is 45.1 Å². The van der Waals surface area contributed by atoms with E-state index >= 15 is 0 Å². The second-order valence-corrected chi connectivity index (χ2v) is 8.44. The van der Waals surface area contributed by atoms with Crippen LogP contribution in [0.1, 0.15) is 23.1 Å². The van der Waals surface area contributed by atoms with Crippen molar-refractivity contribution in [1.29, 1.82) is 0 Å². The van der Waals surface area contributed by atoms with E-state index in [0.29, 0.717) is 31.1 Å². The van der Waals surface area contributed by atoms with Gasteiger partial charge in [-0.25, -0.2) is 0 Å². The van der Waals surface area contributed by atoms with E-state index in [4.69, 9.17) is 16.4 Å². The highest BCUT2D eigenvalue weighted by atomic mass is 35.5. The maximum Gasteiger partial charge on any atom is 0.145 e. The normalized spacial score (nSPS) is 16.7. The van der Waals surface area contributed by atoms with Crippen LogP contribution in [-0.2, 0) is 17.8 Å². The van der Waals surface area contributed by atoms with Crippen molar-refractivity contribution in [3.05, 3.63) is 107 Å². The number of halogens is 1. The minimum absolute atomic E-state index is 0.0432. The summed E-state index contributed by atoms with van der Waals surface area (Å²) < 4.78 is 0. The minimum atomic E-state index is -0.475. The molecule has 0 fully saturated rings. The molecule has 4 rings (SSSR count). The lowest BCUT2D eigenvalue weighted by Gasteiger charge is -2.27. The molecule has 4 nitrogen and oxygen atoms in total. The maximum atomic E-state index is 10.8. The average molecular weight is 435 g/mol. The molecule has 0 unspecified atom stereocenters. The van der Waals surface area contributed by atoms with E-state index in [1.807, 2.05) is 66.7 Å². The Morgan fingerprint density at radius 3 is 2.42 bits per heavy atom. The molecule has 0 saturated heterocycles. The summed E-state index contributed by atoms with van der Waals surface area (Å²) in [7, 11) is 0. The van der Waals surface area contributed by atoms with Crippen LogP contribution in [0.5, 0.6) is 0 Å². The number of hydrogen-bond acceptors (Lipinski definition) is 4. The van der Waals surface area contributed by atoms with Gasteiger partial charge in [0.25, 0.3) is 0 Å². The van der Waals surface area contributed by atoms with E-state index in [0.717, 1.165) is 28.8 Å².